The van der Waals surface area contributed by atoms with Gasteiger partial charge < -0.3 is 29.2 Å². The molecule has 28 heavy (non-hydrogen) atoms. The summed E-state index contributed by atoms with van der Waals surface area (Å²) in [6, 6.07) is 10.2. The first kappa shape index (κ1) is 18.6. The second kappa shape index (κ2) is 8.08. The van der Waals surface area contributed by atoms with Gasteiger partial charge in [-0.1, -0.05) is 12.1 Å². The number of ether oxygens (including phenoxy) is 4. The normalized spacial score (nSPS) is 16.9. The first-order valence-corrected chi connectivity index (χ1v) is 9.27. The summed E-state index contributed by atoms with van der Waals surface area (Å²) >= 11 is 0. The van der Waals surface area contributed by atoms with Gasteiger partial charge >= 0.3 is 0 Å². The van der Waals surface area contributed by atoms with Crippen molar-refractivity contribution in [2.75, 3.05) is 26.4 Å². The zero-order valence-corrected chi connectivity index (χ0v) is 15.3. The molecule has 0 aromatic heterocycles. The van der Waals surface area contributed by atoms with E-state index in [9.17, 15) is 15.0 Å². The predicted molar refractivity (Wildman–Crippen MR) is 99.0 cm³/mol. The number of benzene rings is 2. The molecule has 2 aliphatic rings. The molecule has 2 N–H and O–H groups in total. The molecular formula is C21H22O7. The lowest BCUT2D eigenvalue weighted by Gasteiger charge is -2.21. The van der Waals surface area contributed by atoms with Gasteiger partial charge in [0.05, 0.1) is 12.2 Å². The van der Waals surface area contributed by atoms with E-state index in [1.165, 1.54) is 0 Å². The van der Waals surface area contributed by atoms with E-state index < -0.39 is 12.2 Å². The van der Waals surface area contributed by atoms with Crippen molar-refractivity contribution in [3.05, 3.63) is 47.5 Å². The molecule has 0 saturated heterocycles. The Balaban J connectivity index is 1.37. The molecule has 2 aromatic carbocycles. The number of hydrogen-bond donors (Lipinski definition) is 2. The van der Waals surface area contributed by atoms with Crippen LogP contribution in [0.3, 0.4) is 0 Å². The van der Waals surface area contributed by atoms with E-state index in [1.807, 2.05) is 0 Å². The van der Waals surface area contributed by atoms with Gasteiger partial charge in [-0.2, -0.15) is 0 Å². The van der Waals surface area contributed by atoms with E-state index in [-0.39, 0.29) is 18.6 Å². The maximum Gasteiger partial charge on any atom is 0.161 e. The lowest BCUT2D eigenvalue weighted by molar-refractivity contribution is -0.123. The number of carbonyl (C=O) groups excluding carboxylic acids is 1. The Morgan fingerprint density at radius 2 is 1.11 bits per heavy atom. The van der Waals surface area contributed by atoms with Gasteiger partial charge in [0, 0.05) is 12.8 Å². The Morgan fingerprint density at radius 3 is 1.54 bits per heavy atom. The summed E-state index contributed by atoms with van der Waals surface area (Å²) in [5, 5.41) is 20.8. The molecule has 0 bridgehead atoms. The van der Waals surface area contributed by atoms with Crippen LogP contribution in [-0.2, 0) is 4.79 Å². The maximum absolute atomic E-state index is 12.4. The fraction of sp³-hybridized carbons (Fsp3) is 0.381. The van der Waals surface area contributed by atoms with Crippen LogP contribution in [0.1, 0.15) is 36.2 Å². The highest BCUT2D eigenvalue weighted by atomic mass is 16.6. The highest BCUT2D eigenvalue weighted by Crippen LogP contribution is 2.35. The van der Waals surface area contributed by atoms with Crippen molar-refractivity contribution in [3.63, 3.8) is 0 Å². The van der Waals surface area contributed by atoms with Crippen molar-refractivity contribution >= 4 is 5.78 Å². The Bertz CT molecular complexity index is 794. The fourth-order valence-electron chi connectivity index (χ4n) is 3.28. The third kappa shape index (κ3) is 4.05. The molecule has 2 unspecified atom stereocenters. The molecule has 7 nitrogen and oxygen atoms in total. The molecule has 2 aliphatic heterocycles. The molecule has 148 valence electrons. The van der Waals surface area contributed by atoms with Gasteiger partial charge in [-0.15, -0.1) is 0 Å². The smallest absolute Gasteiger partial charge is 0.161 e. The second-order valence-corrected chi connectivity index (χ2v) is 6.78. The van der Waals surface area contributed by atoms with Gasteiger partial charge in [0.2, 0.25) is 0 Å². The molecule has 7 heteroatoms. The molecule has 0 fully saturated rings. The van der Waals surface area contributed by atoms with E-state index >= 15 is 0 Å². The molecule has 0 aliphatic carbocycles. The van der Waals surface area contributed by atoms with Gasteiger partial charge in [-0.05, 0) is 35.4 Å². The summed E-state index contributed by atoms with van der Waals surface area (Å²) in [5.41, 5.74) is 1.15. The van der Waals surface area contributed by atoms with E-state index in [1.54, 1.807) is 36.4 Å². The van der Waals surface area contributed by atoms with Gasteiger partial charge in [0.15, 0.2) is 23.0 Å². The van der Waals surface area contributed by atoms with Crippen molar-refractivity contribution in [1.82, 2.24) is 0 Å². The number of carbonyl (C=O) groups is 1. The molecule has 0 radical (unpaired) electrons. The topological polar surface area (TPSA) is 94.5 Å². The molecule has 2 aromatic rings. The lowest BCUT2D eigenvalue weighted by Crippen LogP contribution is -2.16. The van der Waals surface area contributed by atoms with Crippen LogP contribution in [0.15, 0.2) is 36.4 Å². The standard InChI is InChI=1S/C21H22O7/c22-15(11-16(23)13-1-3-18-20(9-13)27-7-5-25-18)12-17(24)14-2-4-19-21(10-14)28-8-6-26-19/h1-4,9-10,16-17,23-24H,5-8,11-12H2. The SMILES string of the molecule is O=C(CC(O)c1ccc2c(c1)OCCO2)CC(O)c1ccc2c(c1)OCCO2. The molecular weight excluding hydrogens is 364 g/mol. The van der Waals surface area contributed by atoms with Crippen LogP contribution in [-0.4, -0.2) is 42.4 Å². The van der Waals surface area contributed by atoms with Crippen LogP contribution < -0.4 is 18.9 Å². The fourth-order valence-corrected chi connectivity index (χ4v) is 3.28. The monoisotopic (exact) mass is 386 g/mol. The molecule has 0 spiro atoms. The van der Waals surface area contributed by atoms with E-state index in [4.69, 9.17) is 18.9 Å². The number of fused-ring (bicyclic) bond motifs is 2. The van der Waals surface area contributed by atoms with Crippen molar-refractivity contribution < 1.29 is 34.0 Å². The average molecular weight is 386 g/mol. The molecule has 2 heterocycles. The quantitative estimate of drug-likeness (QED) is 0.787. The highest BCUT2D eigenvalue weighted by molar-refractivity contribution is 5.79. The summed E-state index contributed by atoms with van der Waals surface area (Å²) in [4.78, 5) is 12.4. The number of rotatable bonds is 6. The lowest BCUT2D eigenvalue weighted by atomic mass is 9.98. The van der Waals surface area contributed by atoms with E-state index in [0.717, 1.165) is 0 Å². The number of ketones is 1. The first-order chi connectivity index (χ1) is 13.6. The Labute approximate surface area is 162 Å². The largest absolute Gasteiger partial charge is 0.486 e. The second-order valence-electron chi connectivity index (χ2n) is 6.78. The maximum atomic E-state index is 12.4. The van der Waals surface area contributed by atoms with Crippen molar-refractivity contribution in [2.45, 2.75) is 25.0 Å². The predicted octanol–water partition coefficient (Wildman–Crippen LogP) is 2.35. The van der Waals surface area contributed by atoms with Gasteiger partial charge in [-0.25, -0.2) is 0 Å². The minimum atomic E-state index is -0.976. The van der Waals surface area contributed by atoms with E-state index in [2.05, 4.69) is 0 Å². The number of aliphatic hydroxyl groups excluding tert-OH is 2. The zero-order valence-electron chi connectivity index (χ0n) is 15.3. The number of Topliss-reactive ketones (excluding diaryl/α,β-unsaturated/α-hetero) is 1. The molecule has 2 atom stereocenters. The number of hydrogen-bond acceptors (Lipinski definition) is 7. The Hall–Kier alpha value is -2.77. The summed E-state index contributed by atoms with van der Waals surface area (Å²) in [7, 11) is 0. The van der Waals surface area contributed by atoms with Crippen molar-refractivity contribution in [3.8, 4) is 23.0 Å². The Kier molecular flexibility index (Phi) is 5.36. The minimum absolute atomic E-state index is 0.0960. The van der Waals surface area contributed by atoms with Gasteiger partial charge in [-0.3, -0.25) is 4.79 Å². The minimum Gasteiger partial charge on any atom is -0.486 e. The third-order valence-electron chi connectivity index (χ3n) is 4.74. The van der Waals surface area contributed by atoms with Crippen LogP contribution in [0.5, 0.6) is 23.0 Å². The van der Waals surface area contributed by atoms with Crippen LogP contribution in [0.25, 0.3) is 0 Å². The van der Waals surface area contributed by atoms with Crippen molar-refractivity contribution in [2.24, 2.45) is 0 Å². The molecule has 4 rings (SSSR count). The first-order valence-electron chi connectivity index (χ1n) is 9.27. The summed E-state index contributed by atoms with van der Waals surface area (Å²) < 4.78 is 21.9. The zero-order chi connectivity index (χ0) is 19.5. The van der Waals surface area contributed by atoms with Gasteiger partial charge in [0.1, 0.15) is 32.2 Å². The van der Waals surface area contributed by atoms with Crippen LogP contribution in [0, 0.1) is 0 Å². The highest BCUT2D eigenvalue weighted by Gasteiger charge is 2.21. The summed E-state index contributed by atoms with van der Waals surface area (Å²) in [5.74, 6) is 2.13. The average Bonchev–Trinajstić information content (AvgIpc) is 2.72. The van der Waals surface area contributed by atoms with Crippen molar-refractivity contribution in [1.29, 1.82) is 0 Å². The van der Waals surface area contributed by atoms with Gasteiger partial charge in [0.25, 0.3) is 0 Å². The molecule has 0 saturated carbocycles. The van der Waals surface area contributed by atoms with Crippen LogP contribution in [0.2, 0.25) is 0 Å². The van der Waals surface area contributed by atoms with E-state index in [0.29, 0.717) is 60.6 Å². The number of aliphatic hydroxyl groups is 2. The summed E-state index contributed by atoms with van der Waals surface area (Å²) in [6.07, 6.45) is -2.14. The van der Waals surface area contributed by atoms with Crippen LogP contribution in [0.4, 0.5) is 0 Å². The summed E-state index contributed by atoms with van der Waals surface area (Å²) in [6.45, 7) is 1.89. The Morgan fingerprint density at radius 1 is 0.714 bits per heavy atom. The molecule has 0 amide bonds. The van der Waals surface area contributed by atoms with Crippen LogP contribution >= 0.6 is 0 Å². The third-order valence-corrected chi connectivity index (χ3v) is 4.74.